The van der Waals surface area contributed by atoms with E-state index in [0.29, 0.717) is 47.8 Å². The molecule has 1 N–H and O–H groups in total. The van der Waals surface area contributed by atoms with Crippen LogP contribution in [-0.4, -0.2) is 78.3 Å². The van der Waals surface area contributed by atoms with Gasteiger partial charge in [0.25, 0.3) is 17.7 Å². The van der Waals surface area contributed by atoms with Crippen molar-refractivity contribution in [1.82, 2.24) is 9.80 Å². The van der Waals surface area contributed by atoms with Gasteiger partial charge in [0.2, 0.25) is 0 Å². The fraction of sp³-hybridized carbons (Fsp3) is 0.480. The first-order chi connectivity index (χ1) is 17.7. The maximum Gasteiger partial charge on any atom is 0.341 e. The second kappa shape index (κ2) is 12.8. The van der Waals surface area contributed by atoms with Crippen LogP contribution in [0.5, 0.6) is 0 Å². The van der Waals surface area contributed by atoms with Gasteiger partial charge in [-0.05, 0) is 57.5 Å². The predicted octanol–water partition coefficient (Wildman–Crippen LogP) is 3.56. The Morgan fingerprint density at radius 1 is 1.14 bits per heavy atom. The second-order valence-electron chi connectivity index (χ2n) is 8.25. The molecule has 1 fully saturated rings. The Balaban J connectivity index is 1.70. The number of anilines is 1. The first-order valence-electron chi connectivity index (χ1n) is 12.1. The van der Waals surface area contributed by atoms with Crippen molar-refractivity contribution in [3.63, 3.8) is 0 Å². The molecule has 2 aromatic rings. The van der Waals surface area contributed by atoms with Crippen LogP contribution >= 0.6 is 22.7 Å². The standard InChI is InChI=1S/C25H31N3O7S2/c1-5-27(6-2)23(31)20-15(4)19(25(33)34-7-3)21(37-20)26-18(29)14-35-24(32)16-10-8-12-28(16)22(30)17-11-9-13-36-17/h9,11,13,16H,5-8,10,12,14H2,1-4H3,(H,26,29)/t16-/m0/s1. The van der Waals surface area contributed by atoms with Crippen LogP contribution in [0.15, 0.2) is 17.5 Å². The quantitative estimate of drug-likeness (QED) is 0.450. The number of hydrogen-bond donors (Lipinski definition) is 1. The van der Waals surface area contributed by atoms with Crippen LogP contribution in [0, 0.1) is 6.92 Å². The highest BCUT2D eigenvalue weighted by molar-refractivity contribution is 7.18. The van der Waals surface area contributed by atoms with Crippen molar-refractivity contribution >= 4 is 57.3 Å². The molecule has 1 atom stereocenters. The number of rotatable bonds is 10. The maximum absolute atomic E-state index is 13.0. The molecule has 10 nitrogen and oxygen atoms in total. The lowest BCUT2D eigenvalue weighted by atomic mass is 10.1. The van der Waals surface area contributed by atoms with Crippen molar-refractivity contribution in [2.24, 2.45) is 0 Å². The van der Waals surface area contributed by atoms with E-state index in [1.807, 2.05) is 13.8 Å². The SMILES string of the molecule is CCOC(=O)c1c(NC(=O)COC(=O)[C@@H]2CCCN2C(=O)c2cccs2)sc(C(=O)N(CC)CC)c1C. The van der Waals surface area contributed by atoms with E-state index in [1.54, 1.807) is 36.3 Å². The Kier molecular flexibility index (Phi) is 9.81. The minimum absolute atomic E-state index is 0.102. The monoisotopic (exact) mass is 549 g/mol. The summed E-state index contributed by atoms with van der Waals surface area (Å²) >= 11 is 2.28. The molecule has 12 heteroatoms. The minimum atomic E-state index is -0.764. The van der Waals surface area contributed by atoms with Gasteiger partial charge in [0.05, 0.1) is 21.9 Å². The van der Waals surface area contributed by atoms with Crippen LogP contribution in [0.4, 0.5) is 5.00 Å². The molecule has 0 radical (unpaired) electrons. The average Bonchev–Trinajstić information content (AvgIpc) is 3.63. The number of likely N-dealkylation sites (tertiary alicyclic amines) is 1. The first-order valence-corrected chi connectivity index (χ1v) is 13.8. The number of carbonyl (C=O) groups excluding carboxylic acids is 5. The lowest BCUT2D eigenvalue weighted by Gasteiger charge is -2.22. The molecule has 3 amide bonds. The number of nitrogens with one attached hydrogen (secondary N) is 1. The normalized spacial score (nSPS) is 14.8. The Morgan fingerprint density at radius 3 is 2.49 bits per heavy atom. The number of hydrogen-bond acceptors (Lipinski definition) is 9. The van der Waals surface area contributed by atoms with Crippen LogP contribution in [0.3, 0.4) is 0 Å². The summed E-state index contributed by atoms with van der Waals surface area (Å²) in [5, 5.41) is 4.54. The molecule has 0 aromatic carbocycles. The molecule has 0 aliphatic carbocycles. The third-order valence-corrected chi connectivity index (χ3v) is 8.04. The van der Waals surface area contributed by atoms with E-state index in [1.165, 1.54) is 16.2 Å². The summed E-state index contributed by atoms with van der Waals surface area (Å²) in [6.07, 6.45) is 1.11. The highest BCUT2D eigenvalue weighted by Crippen LogP contribution is 2.34. The highest BCUT2D eigenvalue weighted by atomic mass is 32.1. The van der Waals surface area contributed by atoms with Crippen LogP contribution in [0.1, 0.15) is 68.9 Å². The van der Waals surface area contributed by atoms with Gasteiger partial charge in [-0.2, -0.15) is 0 Å². The number of amides is 3. The van der Waals surface area contributed by atoms with Crippen molar-refractivity contribution in [2.45, 2.75) is 46.6 Å². The van der Waals surface area contributed by atoms with Gasteiger partial charge in [0, 0.05) is 19.6 Å². The molecule has 200 valence electrons. The van der Waals surface area contributed by atoms with Crippen LogP contribution in [0.2, 0.25) is 0 Å². The molecule has 0 spiro atoms. The Hall–Kier alpha value is -3.25. The smallest absolute Gasteiger partial charge is 0.341 e. The molecule has 1 aliphatic rings. The van der Waals surface area contributed by atoms with Gasteiger partial charge in [-0.15, -0.1) is 22.7 Å². The van der Waals surface area contributed by atoms with E-state index < -0.39 is 30.5 Å². The summed E-state index contributed by atoms with van der Waals surface area (Å²) in [5.41, 5.74) is 0.520. The number of carbonyl (C=O) groups is 5. The molecule has 0 saturated carbocycles. The molecular weight excluding hydrogens is 518 g/mol. The molecule has 0 unspecified atom stereocenters. The summed E-state index contributed by atoms with van der Waals surface area (Å²) in [7, 11) is 0. The highest BCUT2D eigenvalue weighted by Gasteiger charge is 2.36. The zero-order valence-electron chi connectivity index (χ0n) is 21.3. The summed E-state index contributed by atoms with van der Waals surface area (Å²) < 4.78 is 10.4. The van der Waals surface area contributed by atoms with Crippen LogP contribution in [0.25, 0.3) is 0 Å². The summed E-state index contributed by atoms with van der Waals surface area (Å²) in [6, 6.07) is 2.70. The number of thiophene rings is 2. The van der Waals surface area contributed by atoms with E-state index in [4.69, 9.17) is 9.47 Å². The van der Waals surface area contributed by atoms with Gasteiger partial charge in [0.1, 0.15) is 11.0 Å². The fourth-order valence-electron chi connectivity index (χ4n) is 4.10. The number of esters is 2. The van der Waals surface area contributed by atoms with Gasteiger partial charge >= 0.3 is 11.9 Å². The number of nitrogens with zero attached hydrogens (tertiary/aromatic N) is 2. The second-order valence-corrected chi connectivity index (χ2v) is 10.2. The summed E-state index contributed by atoms with van der Waals surface area (Å²) in [6.45, 7) is 7.95. The van der Waals surface area contributed by atoms with E-state index in [0.717, 1.165) is 11.3 Å². The van der Waals surface area contributed by atoms with Crippen molar-refractivity contribution < 1.29 is 33.4 Å². The molecule has 1 aliphatic heterocycles. The average molecular weight is 550 g/mol. The van der Waals surface area contributed by atoms with Gasteiger partial charge in [-0.1, -0.05) is 6.07 Å². The Morgan fingerprint density at radius 2 is 1.86 bits per heavy atom. The molecule has 37 heavy (non-hydrogen) atoms. The third kappa shape index (κ3) is 6.37. The molecular formula is C25H31N3O7S2. The van der Waals surface area contributed by atoms with Gasteiger partial charge in [-0.3, -0.25) is 14.4 Å². The largest absolute Gasteiger partial charge is 0.462 e. The molecule has 3 heterocycles. The lowest BCUT2D eigenvalue weighted by molar-refractivity contribution is -0.151. The van der Waals surface area contributed by atoms with Gasteiger partial charge in [0.15, 0.2) is 6.61 Å². The van der Waals surface area contributed by atoms with Crippen LogP contribution < -0.4 is 5.32 Å². The van der Waals surface area contributed by atoms with Gasteiger partial charge in [-0.25, -0.2) is 9.59 Å². The Bertz CT molecular complexity index is 1160. The topological polar surface area (TPSA) is 122 Å². The Labute approximate surface area is 223 Å². The minimum Gasteiger partial charge on any atom is -0.462 e. The maximum atomic E-state index is 13.0. The van der Waals surface area contributed by atoms with E-state index in [-0.39, 0.29) is 29.0 Å². The van der Waals surface area contributed by atoms with E-state index in [9.17, 15) is 24.0 Å². The van der Waals surface area contributed by atoms with E-state index >= 15 is 0 Å². The summed E-state index contributed by atoms with van der Waals surface area (Å²) in [4.78, 5) is 67.7. The van der Waals surface area contributed by atoms with Crippen LogP contribution in [-0.2, 0) is 19.1 Å². The fourth-order valence-corrected chi connectivity index (χ4v) is 5.96. The predicted molar refractivity (Wildman–Crippen MR) is 140 cm³/mol. The first kappa shape index (κ1) is 28.3. The zero-order chi connectivity index (χ0) is 27.1. The number of ether oxygens (including phenoxy) is 2. The molecule has 2 aromatic heterocycles. The third-order valence-electron chi connectivity index (χ3n) is 5.99. The molecule has 1 saturated heterocycles. The zero-order valence-corrected chi connectivity index (χ0v) is 23.0. The van der Waals surface area contributed by atoms with Crippen molar-refractivity contribution in [3.8, 4) is 0 Å². The van der Waals surface area contributed by atoms with Gasteiger partial charge < -0.3 is 24.6 Å². The lowest BCUT2D eigenvalue weighted by Crippen LogP contribution is -2.41. The van der Waals surface area contributed by atoms with Crippen molar-refractivity contribution in [1.29, 1.82) is 0 Å². The van der Waals surface area contributed by atoms with Crippen molar-refractivity contribution in [3.05, 3.63) is 38.4 Å². The summed E-state index contributed by atoms with van der Waals surface area (Å²) in [5.74, 6) is -2.48. The van der Waals surface area contributed by atoms with Crippen molar-refractivity contribution in [2.75, 3.05) is 38.2 Å². The van der Waals surface area contributed by atoms with E-state index in [2.05, 4.69) is 5.32 Å². The molecule has 0 bridgehead atoms. The molecule has 3 rings (SSSR count).